The first-order valence-corrected chi connectivity index (χ1v) is 14.4. The summed E-state index contributed by atoms with van der Waals surface area (Å²) < 4.78 is 15.4. The van der Waals surface area contributed by atoms with E-state index in [0.29, 0.717) is 29.0 Å². The molecule has 0 unspecified atom stereocenters. The van der Waals surface area contributed by atoms with Crippen molar-refractivity contribution in [2.45, 2.75) is 12.8 Å². The van der Waals surface area contributed by atoms with Crippen LogP contribution >= 0.6 is 11.6 Å². The first-order chi connectivity index (χ1) is 21.8. The van der Waals surface area contributed by atoms with Crippen LogP contribution in [0.4, 0.5) is 0 Å². The molecular weight excluding hydrogens is 594 g/mol. The Hall–Kier alpha value is -5.47. The second kappa shape index (κ2) is 15.8. The zero-order valence-corrected chi connectivity index (χ0v) is 25.0. The molecule has 0 saturated carbocycles. The number of unbranched alkanes of at least 4 members (excludes halogenated alkanes) is 1. The smallest absolute Gasteiger partial charge is 0.338 e. The lowest BCUT2D eigenvalue weighted by molar-refractivity contribution is -0.138. The fourth-order valence-corrected chi connectivity index (χ4v) is 4.64. The lowest BCUT2D eigenvalue weighted by Gasteiger charge is -2.12. The van der Waals surface area contributed by atoms with Gasteiger partial charge in [0.25, 0.3) is 0 Å². The zero-order valence-electron chi connectivity index (χ0n) is 24.3. The van der Waals surface area contributed by atoms with E-state index in [4.69, 9.17) is 31.2 Å². The van der Waals surface area contributed by atoms with Crippen LogP contribution in [0.3, 0.4) is 0 Å². The Bertz CT molecular complexity index is 1710. The van der Waals surface area contributed by atoms with Crippen molar-refractivity contribution in [2.75, 3.05) is 13.2 Å². The summed E-state index contributed by atoms with van der Waals surface area (Å²) in [4.78, 5) is 35.6. The average molecular weight is 625 g/mol. The summed E-state index contributed by atoms with van der Waals surface area (Å²) in [6.45, 7) is 3.73. The number of phenols is 1. The molecule has 228 valence electrons. The van der Waals surface area contributed by atoms with E-state index in [9.17, 15) is 19.5 Å². The molecule has 3 N–H and O–H groups in total. The van der Waals surface area contributed by atoms with Gasteiger partial charge in [-0.3, -0.25) is 5.41 Å². The lowest BCUT2D eigenvalue weighted by atomic mass is 9.94. The highest BCUT2D eigenvalue weighted by atomic mass is 35.5. The first kappa shape index (κ1) is 32.4. The van der Waals surface area contributed by atoms with Crippen LogP contribution in [0.15, 0.2) is 104 Å². The highest BCUT2D eigenvalue weighted by Gasteiger charge is 2.15. The van der Waals surface area contributed by atoms with E-state index in [1.807, 2.05) is 36.4 Å². The number of carbonyl (C=O) groups is 3. The Morgan fingerprint density at radius 1 is 0.778 bits per heavy atom. The summed E-state index contributed by atoms with van der Waals surface area (Å²) in [6, 6.07) is 24.2. The van der Waals surface area contributed by atoms with Gasteiger partial charge in [-0.05, 0) is 77.6 Å². The van der Waals surface area contributed by atoms with Gasteiger partial charge in [0.1, 0.15) is 11.5 Å². The molecule has 9 heteroatoms. The van der Waals surface area contributed by atoms with Crippen molar-refractivity contribution in [2.24, 2.45) is 0 Å². The highest BCUT2D eigenvalue weighted by Crippen LogP contribution is 2.36. The van der Waals surface area contributed by atoms with Gasteiger partial charge in [0.05, 0.1) is 29.4 Å². The molecule has 4 rings (SSSR count). The van der Waals surface area contributed by atoms with Gasteiger partial charge < -0.3 is 19.3 Å². The van der Waals surface area contributed by atoms with E-state index >= 15 is 0 Å². The zero-order chi connectivity index (χ0) is 32.2. The van der Waals surface area contributed by atoms with Crippen LogP contribution < -0.4 is 10.1 Å². The molecule has 0 atom stereocenters. The predicted octanol–water partition coefficient (Wildman–Crippen LogP) is 5.84. The first-order valence-electron chi connectivity index (χ1n) is 14.0. The minimum Gasteiger partial charge on any atom is -0.508 e. The molecule has 0 aliphatic heterocycles. The van der Waals surface area contributed by atoms with Gasteiger partial charge in [-0.1, -0.05) is 66.7 Å². The van der Waals surface area contributed by atoms with Gasteiger partial charge in [-0.25, -0.2) is 14.4 Å². The normalized spacial score (nSPS) is 10.7. The molecule has 0 aliphatic rings. The van der Waals surface area contributed by atoms with Gasteiger partial charge in [0.15, 0.2) is 6.21 Å². The van der Waals surface area contributed by atoms with Gasteiger partial charge >= 0.3 is 17.9 Å². The number of benzene rings is 4. The van der Waals surface area contributed by atoms with E-state index in [-0.39, 0.29) is 24.7 Å². The monoisotopic (exact) mass is 624 g/mol. The molecule has 0 saturated heterocycles. The SMILES string of the molecule is C=CC(=O)OCCCCOC(=O)c1ccc(OC(=O)/C=C/c2ccc(-c3ccc(-c4ccc(O)cc4)c(Cl)c3C=[NH2+])cc2)cc1. The summed E-state index contributed by atoms with van der Waals surface area (Å²) in [7, 11) is 0. The number of rotatable bonds is 13. The number of carbonyl (C=O) groups excluding carboxylic acids is 3. The number of hydrogen-bond donors (Lipinski definition) is 2. The largest absolute Gasteiger partial charge is 0.508 e. The summed E-state index contributed by atoms with van der Waals surface area (Å²) in [5.74, 6) is -1.13. The third-order valence-electron chi connectivity index (χ3n) is 6.65. The fourth-order valence-electron chi connectivity index (χ4n) is 4.30. The van der Waals surface area contributed by atoms with Crippen LogP contribution in [-0.4, -0.2) is 42.4 Å². The summed E-state index contributed by atoms with van der Waals surface area (Å²) in [5, 5.41) is 16.0. The number of phenolic OH excluding ortho intramolecular Hbond substituents is 1. The van der Waals surface area contributed by atoms with E-state index in [1.165, 1.54) is 36.6 Å². The molecule has 0 heterocycles. The predicted molar refractivity (Wildman–Crippen MR) is 173 cm³/mol. The highest BCUT2D eigenvalue weighted by molar-refractivity contribution is 6.36. The second-order valence-corrected chi connectivity index (χ2v) is 10.1. The van der Waals surface area contributed by atoms with Gasteiger partial charge in [0.2, 0.25) is 0 Å². The third-order valence-corrected chi connectivity index (χ3v) is 7.06. The lowest BCUT2D eigenvalue weighted by Crippen LogP contribution is -2.30. The molecule has 0 amide bonds. The number of aromatic hydroxyl groups is 1. The van der Waals surface area contributed by atoms with E-state index in [2.05, 4.69) is 6.58 Å². The number of hydrogen-bond acceptors (Lipinski definition) is 7. The molecule has 0 radical (unpaired) electrons. The van der Waals surface area contributed by atoms with Crippen molar-refractivity contribution in [1.82, 2.24) is 0 Å². The van der Waals surface area contributed by atoms with E-state index in [1.54, 1.807) is 30.3 Å². The summed E-state index contributed by atoms with van der Waals surface area (Å²) >= 11 is 6.72. The van der Waals surface area contributed by atoms with E-state index in [0.717, 1.165) is 33.9 Å². The van der Waals surface area contributed by atoms with Crippen LogP contribution in [0, 0.1) is 0 Å². The molecule has 0 bridgehead atoms. The molecule has 45 heavy (non-hydrogen) atoms. The van der Waals surface area contributed by atoms with Crippen molar-refractivity contribution in [3.05, 3.63) is 125 Å². The minimum atomic E-state index is -0.580. The Labute approximate surface area is 265 Å². The second-order valence-electron chi connectivity index (χ2n) is 9.72. The molecule has 4 aromatic carbocycles. The number of nitrogens with two attached hydrogens (primary N) is 1. The van der Waals surface area contributed by atoms with Crippen LogP contribution in [-0.2, 0) is 19.1 Å². The summed E-state index contributed by atoms with van der Waals surface area (Å²) in [5.41, 5.74) is 5.15. The molecular formula is C36H31ClNO7+. The van der Waals surface area contributed by atoms with Crippen LogP contribution in [0.1, 0.15) is 34.3 Å². The Morgan fingerprint density at radius 2 is 1.38 bits per heavy atom. The Morgan fingerprint density at radius 3 is 2.02 bits per heavy atom. The van der Waals surface area contributed by atoms with Crippen LogP contribution in [0.25, 0.3) is 28.3 Å². The molecule has 0 aromatic heterocycles. The number of halogens is 1. The van der Waals surface area contributed by atoms with Gasteiger partial charge in [0, 0.05) is 17.7 Å². The van der Waals surface area contributed by atoms with Gasteiger partial charge in [-0.2, -0.15) is 0 Å². The molecule has 0 aliphatic carbocycles. The van der Waals surface area contributed by atoms with Gasteiger partial charge in [-0.15, -0.1) is 0 Å². The van der Waals surface area contributed by atoms with Crippen LogP contribution in [0.2, 0.25) is 5.02 Å². The standard InChI is InChI=1S/C36H30ClNO7/c1-2-33(40)43-21-3-4-22-44-36(42)27-12-16-29(17-13-27)45-34(41)20-7-24-5-8-25(9-6-24)30-18-19-31(35(37)32(30)23-38)26-10-14-28(39)15-11-26/h2,5-20,23,38-39H,1,3-4,21-22H2/p+1/b20-7+,38-23?. The van der Waals surface area contributed by atoms with Crippen molar-refractivity contribution in [3.8, 4) is 33.8 Å². The number of ether oxygens (including phenoxy) is 3. The van der Waals surface area contributed by atoms with E-state index < -0.39 is 17.9 Å². The third kappa shape index (κ3) is 9.01. The maximum Gasteiger partial charge on any atom is 0.338 e. The quantitative estimate of drug-likeness (QED) is 0.0629. The van der Waals surface area contributed by atoms with Crippen LogP contribution in [0.5, 0.6) is 11.5 Å². The van der Waals surface area contributed by atoms with Crippen molar-refractivity contribution in [1.29, 1.82) is 0 Å². The topological polar surface area (TPSA) is 125 Å². The number of esters is 3. The Balaban J connectivity index is 1.30. The minimum absolute atomic E-state index is 0.170. The Kier molecular flexibility index (Phi) is 11.4. The molecule has 8 nitrogen and oxygen atoms in total. The maximum absolute atomic E-state index is 12.4. The summed E-state index contributed by atoms with van der Waals surface area (Å²) in [6.07, 6.45) is 6.60. The molecule has 4 aromatic rings. The maximum atomic E-state index is 12.4. The van der Waals surface area contributed by atoms with Crippen molar-refractivity contribution in [3.63, 3.8) is 0 Å². The average Bonchev–Trinajstić information content (AvgIpc) is 3.06. The fraction of sp³-hybridized carbons (Fsp3) is 0.111. The van der Waals surface area contributed by atoms with Crippen molar-refractivity contribution < 1.29 is 39.1 Å². The molecule has 0 spiro atoms. The molecule has 0 fully saturated rings. The van der Waals surface area contributed by atoms with Crippen molar-refractivity contribution >= 4 is 41.8 Å².